The highest BCUT2D eigenvalue weighted by Gasteiger charge is 2.16. The van der Waals surface area contributed by atoms with E-state index in [1.54, 1.807) is 0 Å². The summed E-state index contributed by atoms with van der Waals surface area (Å²) in [4.78, 5) is 20.1. The first-order valence-electron chi connectivity index (χ1n) is 7.54. The molecule has 0 atom stereocenters. The van der Waals surface area contributed by atoms with E-state index in [2.05, 4.69) is 20.6 Å². The molecule has 3 aromatic rings. The van der Waals surface area contributed by atoms with E-state index < -0.39 is 29.0 Å². The van der Waals surface area contributed by atoms with Gasteiger partial charge in [0.2, 0.25) is 0 Å². The number of carbonyl (C=O) groups excluding carboxylic acids is 1. The molecule has 0 bridgehead atoms. The summed E-state index contributed by atoms with van der Waals surface area (Å²) in [5.41, 5.74) is 1.27. The summed E-state index contributed by atoms with van der Waals surface area (Å²) in [6.07, 6.45) is 2.52. The van der Waals surface area contributed by atoms with Crippen LogP contribution in [0.5, 0.6) is 0 Å². The summed E-state index contributed by atoms with van der Waals surface area (Å²) in [6, 6.07) is 9.22. The molecule has 1 amide bonds. The number of rotatable bonds is 4. The summed E-state index contributed by atoms with van der Waals surface area (Å²) in [5.74, 6) is -4.88. The lowest BCUT2D eigenvalue weighted by Crippen LogP contribution is -2.16. The second-order valence-corrected chi connectivity index (χ2v) is 5.46. The molecule has 2 N–H and O–H groups in total. The van der Waals surface area contributed by atoms with Gasteiger partial charge in [-0.15, -0.1) is 0 Å². The van der Waals surface area contributed by atoms with Crippen molar-refractivity contribution in [3.8, 4) is 0 Å². The lowest BCUT2D eigenvalue weighted by atomic mass is 10.2. The average molecular weight is 358 g/mol. The maximum Gasteiger partial charge on any atom is 0.275 e. The molecule has 0 aliphatic rings. The summed E-state index contributed by atoms with van der Waals surface area (Å²) in [5, 5.41) is 5.15. The van der Waals surface area contributed by atoms with E-state index in [9.17, 15) is 18.0 Å². The number of carbonyl (C=O) groups is 1. The molecular formula is C18H13F3N4O. The van der Waals surface area contributed by atoms with Crippen molar-refractivity contribution in [3.05, 3.63) is 77.5 Å². The fourth-order valence-corrected chi connectivity index (χ4v) is 2.19. The first-order chi connectivity index (χ1) is 12.4. The molecule has 0 spiro atoms. The van der Waals surface area contributed by atoms with Gasteiger partial charge in [0.15, 0.2) is 17.5 Å². The van der Waals surface area contributed by atoms with Gasteiger partial charge >= 0.3 is 0 Å². The van der Waals surface area contributed by atoms with Crippen LogP contribution in [-0.4, -0.2) is 15.9 Å². The predicted octanol–water partition coefficient (Wildman–Crippen LogP) is 4.20. The number of aryl methyl sites for hydroxylation is 1. The normalized spacial score (nSPS) is 10.5. The van der Waals surface area contributed by atoms with Crippen molar-refractivity contribution >= 4 is 23.1 Å². The van der Waals surface area contributed by atoms with Gasteiger partial charge in [0.25, 0.3) is 5.91 Å². The second kappa shape index (κ2) is 7.22. The quantitative estimate of drug-likeness (QED) is 0.686. The Morgan fingerprint density at radius 1 is 1.00 bits per heavy atom. The van der Waals surface area contributed by atoms with Gasteiger partial charge in [0.1, 0.15) is 11.5 Å². The Kier molecular flexibility index (Phi) is 4.83. The van der Waals surface area contributed by atoms with Gasteiger partial charge in [-0.3, -0.25) is 4.79 Å². The van der Waals surface area contributed by atoms with E-state index in [1.165, 1.54) is 12.4 Å². The van der Waals surface area contributed by atoms with Crippen LogP contribution in [0.25, 0.3) is 0 Å². The van der Waals surface area contributed by atoms with E-state index in [4.69, 9.17) is 0 Å². The molecule has 0 saturated heterocycles. The highest BCUT2D eigenvalue weighted by atomic mass is 19.2. The van der Waals surface area contributed by atoms with Gasteiger partial charge in [-0.05, 0) is 36.8 Å². The van der Waals surface area contributed by atoms with Crippen LogP contribution in [0.4, 0.5) is 30.4 Å². The van der Waals surface area contributed by atoms with Crippen molar-refractivity contribution in [2.24, 2.45) is 0 Å². The lowest BCUT2D eigenvalue weighted by molar-refractivity contribution is 0.102. The van der Waals surface area contributed by atoms with E-state index in [-0.39, 0.29) is 5.69 Å². The topological polar surface area (TPSA) is 66.9 Å². The number of hydrogen-bond acceptors (Lipinski definition) is 4. The maximum absolute atomic E-state index is 13.6. The summed E-state index contributed by atoms with van der Waals surface area (Å²) in [6.45, 7) is 1.95. The van der Waals surface area contributed by atoms with E-state index in [0.29, 0.717) is 11.9 Å². The molecule has 132 valence electrons. The fraction of sp³-hybridized carbons (Fsp3) is 0.0556. The number of hydrogen-bond donors (Lipinski definition) is 2. The minimum absolute atomic E-state index is 0.107. The van der Waals surface area contributed by atoms with Gasteiger partial charge in [-0.25, -0.2) is 23.1 Å². The molecule has 0 saturated carbocycles. The zero-order valence-electron chi connectivity index (χ0n) is 13.6. The van der Waals surface area contributed by atoms with E-state index in [0.717, 1.165) is 17.3 Å². The Hall–Kier alpha value is -3.42. The maximum atomic E-state index is 13.6. The number of amides is 1. The van der Waals surface area contributed by atoms with Gasteiger partial charge in [-0.2, -0.15) is 0 Å². The Balaban J connectivity index is 1.72. The SMILES string of the molecule is Cc1cccc(Nc2cnc(C(=O)Nc3ccc(F)c(F)c3F)cn2)c1. The molecule has 0 aliphatic heterocycles. The molecule has 1 heterocycles. The van der Waals surface area contributed by atoms with Gasteiger partial charge in [-0.1, -0.05) is 12.1 Å². The Bertz CT molecular complexity index is 961. The summed E-state index contributed by atoms with van der Waals surface area (Å²) >= 11 is 0. The first-order valence-corrected chi connectivity index (χ1v) is 7.54. The highest BCUT2D eigenvalue weighted by Crippen LogP contribution is 2.20. The smallest absolute Gasteiger partial charge is 0.275 e. The van der Waals surface area contributed by atoms with Crippen LogP contribution < -0.4 is 10.6 Å². The largest absolute Gasteiger partial charge is 0.339 e. The van der Waals surface area contributed by atoms with Crippen molar-refractivity contribution in [3.63, 3.8) is 0 Å². The van der Waals surface area contributed by atoms with Crippen LogP contribution in [0.15, 0.2) is 48.8 Å². The minimum Gasteiger partial charge on any atom is -0.339 e. The molecular weight excluding hydrogens is 345 g/mol. The number of nitrogens with zero attached hydrogens (tertiary/aromatic N) is 2. The van der Waals surface area contributed by atoms with Crippen molar-refractivity contribution in [1.29, 1.82) is 0 Å². The summed E-state index contributed by atoms with van der Waals surface area (Å²) < 4.78 is 39.7. The Morgan fingerprint density at radius 2 is 1.81 bits per heavy atom. The molecule has 26 heavy (non-hydrogen) atoms. The number of benzene rings is 2. The number of anilines is 3. The van der Waals surface area contributed by atoms with Crippen molar-refractivity contribution < 1.29 is 18.0 Å². The Labute approximate surface area is 146 Å². The molecule has 5 nitrogen and oxygen atoms in total. The third-order valence-corrected chi connectivity index (χ3v) is 3.46. The zero-order valence-corrected chi connectivity index (χ0v) is 13.6. The summed E-state index contributed by atoms with van der Waals surface area (Å²) in [7, 11) is 0. The molecule has 3 rings (SSSR count). The lowest BCUT2D eigenvalue weighted by Gasteiger charge is -2.08. The molecule has 0 radical (unpaired) electrons. The van der Waals surface area contributed by atoms with Crippen molar-refractivity contribution in [2.75, 3.05) is 10.6 Å². The molecule has 1 aromatic heterocycles. The van der Waals surface area contributed by atoms with E-state index in [1.807, 2.05) is 31.2 Å². The standard InChI is InChI=1S/C18H13F3N4O/c1-10-3-2-4-11(7-10)24-15-9-22-14(8-23-15)18(26)25-13-6-5-12(19)16(20)17(13)21/h2-9H,1H3,(H,23,24)(H,25,26). The number of halogens is 3. The van der Waals surface area contributed by atoms with Gasteiger partial charge in [0.05, 0.1) is 18.1 Å². The molecule has 0 unspecified atom stereocenters. The molecule has 8 heteroatoms. The predicted molar refractivity (Wildman–Crippen MR) is 90.8 cm³/mol. The monoisotopic (exact) mass is 358 g/mol. The molecule has 0 fully saturated rings. The van der Waals surface area contributed by atoms with Crippen LogP contribution in [-0.2, 0) is 0 Å². The molecule has 0 aliphatic carbocycles. The highest BCUT2D eigenvalue weighted by molar-refractivity contribution is 6.02. The molecule has 2 aromatic carbocycles. The third kappa shape index (κ3) is 3.80. The fourth-order valence-electron chi connectivity index (χ4n) is 2.19. The number of aromatic nitrogens is 2. The van der Waals surface area contributed by atoms with Crippen LogP contribution in [0.3, 0.4) is 0 Å². The average Bonchev–Trinajstić information content (AvgIpc) is 2.63. The van der Waals surface area contributed by atoms with Crippen LogP contribution in [0.1, 0.15) is 16.1 Å². The van der Waals surface area contributed by atoms with Crippen molar-refractivity contribution in [2.45, 2.75) is 6.92 Å². The second-order valence-electron chi connectivity index (χ2n) is 5.46. The van der Waals surface area contributed by atoms with Gasteiger partial charge in [0, 0.05) is 5.69 Å². The first kappa shape index (κ1) is 17.4. The number of nitrogens with one attached hydrogen (secondary N) is 2. The van der Waals surface area contributed by atoms with Gasteiger partial charge < -0.3 is 10.6 Å². The van der Waals surface area contributed by atoms with Crippen LogP contribution in [0.2, 0.25) is 0 Å². The van der Waals surface area contributed by atoms with Crippen LogP contribution >= 0.6 is 0 Å². The van der Waals surface area contributed by atoms with Crippen molar-refractivity contribution in [1.82, 2.24) is 9.97 Å². The van der Waals surface area contributed by atoms with E-state index >= 15 is 0 Å². The third-order valence-electron chi connectivity index (χ3n) is 3.46. The van der Waals surface area contributed by atoms with Crippen LogP contribution in [0, 0.1) is 24.4 Å². The minimum atomic E-state index is -1.66. The zero-order chi connectivity index (χ0) is 18.7. The Morgan fingerprint density at radius 3 is 2.50 bits per heavy atom.